The maximum atomic E-state index is 12.5. The van der Waals surface area contributed by atoms with Crippen LogP contribution in [0.15, 0.2) is 48.5 Å². The molecule has 8 heteroatoms. The molecule has 5 nitrogen and oxygen atoms in total. The summed E-state index contributed by atoms with van der Waals surface area (Å²) < 4.78 is 41.6. The summed E-state index contributed by atoms with van der Waals surface area (Å²) in [4.78, 5) is 8.75. The van der Waals surface area contributed by atoms with Gasteiger partial charge in [0, 0.05) is 24.4 Å². The Bertz CT molecular complexity index is 1040. The quantitative estimate of drug-likeness (QED) is 0.497. The van der Waals surface area contributed by atoms with Gasteiger partial charge in [0.1, 0.15) is 11.6 Å². The van der Waals surface area contributed by atoms with Crippen molar-refractivity contribution in [3.8, 4) is 17.0 Å². The highest BCUT2D eigenvalue weighted by molar-refractivity contribution is 5.68. The Kier molecular flexibility index (Phi) is 6.14. The molecule has 158 valence electrons. The van der Waals surface area contributed by atoms with Gasteiger partial charge in [0.25, 0.3) is 0 Å². The number of nitrogens with zero attached hydrogens (tertiary/aromatic N) is 2. The molecule has 0 amide bonds. The first-order valence-electron chi connectivity index (χ1n) is 9.45. The summed E-state index contributed by atoms with van der Waals surface area (Å²) in [5, 5.41) is 6.12. The van der Waals surface area contributed by atoms with Gasteiger partial charge in [-0.2, -0.15) is 4.98 Å². The van der Waals surface area contributed by atoms with E-state index in [0.717, 1.165) is 11.3 Å². The number of ether oxygens (including phenoxy) is 1. The van der Waals surface area contributed by atoms with Crippen LogP contribution in [0.25, 0.3) is 11.3 Å². The van der Waals surface area contributed by atoms with Crippen LogP contribution in [-0.4, -0.2) is 23.4 Å². The number of alkyl halides is 3. The zero-order valence-corrected chi connectivity index (χ0v) is 17.1. The molecule has 0 saturated heterocycles. The summed E-state index contributed by atoms with van der Waals surface area (Å²) in [5.74, 6) is 0.974. The summed E-state index contributed by atoms with van der Waals surface area (Å²) in [6, 6.07) is 13.4. The predicted molar refractivity (Wildman–Crippen MR) is 112 cm³/mol. The van der Waals surface area contributed by atoms with E-state index in [2.05, 4.69) is 52.2 Å². The van der Waals surface area contributed by atoms with E-state index >= 15 is 0 Å². The van der Waals surface area contributed by atoms with Crippen LogP contribution in [0.2, 0.25) is 0 Å². The van der Waals surface area contributed by atoms with E-state index in [1.54, 1.807) is 19.2 Å². The van der Waals surface area contributed by atoms with E-state index < -0.39 is 6.36 Å². The Morgan fingerprint density at radius 2 is 1.77 bits per heavy atom. The van der Waals surface area contributed by atoms with Crippen LogP contribution in [0.3, 0.4) is 0 Å². The molecule has 30 heavy (non-hydrogen) atoms. The van der Waals surface area contributed by atoms with Gasteiger partial charge >= 0.3 is 6.36 Å². The average Bonchev–Trinajstić information content (AvgIpc) is 2.66. The monoisotopic (exact) mass is 416 g/mol. The van der Waals surface area contributed by atoms with E-state index in [1.165, 1.54) is 23.8 Å². The second-order valence-corrected chi connectivity index (χ2v) is 7.14. The number of nitrogens with one attached hydrogen (secondary N) is 2. The van der Waals surface area contributed by atoms with Crippen molar-refractivity contribution in [1.29, 1.82) is 0 Å². The minimum Gasteiger partial charge on any atom is -0.406 e. The van der Waals surface area contributed by atoms with Crippen LogP contribution >= 0.6 is 0 Å². The van der Waals surface area contributed by atoms with Gasteiger partial charge < -0.3 is 15.4 Å². The molecule has 1 heterocycles. The SMILES string of the molecule is CNc1nc(Nc2ccc(C(C)C)c(C)c2)cc(-c2cccc(OC(F)(F)F)c2)n1. The number of aryl methyl sites for hydroxylation is 1. The second-order valence-electron chi connectivity index (χ2n) is 7.14. The summed E-state index contributed by atoms with van der Waals surface area (Å²) in [6.07, 6.45) is -4.76. The number of rotatable bonds is 6. The van der Waals surface area contributed by atoms with Crippen LogP contribution in [0.1, 0.15) is 30.9 Å². The van der Waals surface area contributed by atoms with Crippen molar-refractivity contribution in [3.05, 3.63) is 59.7 Å². The topological polar surface area (TPSA) is 59.1 Å². The summed E-state index contributed by atoms with van der Waals surface area (Å²) in [5.41, 5.74) is 4.22. The Hall–Kier alpha value is -3.29. The fraction of sp³-hybridized carbons (Fsp3) is 0.273. The molecule has 0 atom stereocenters. The lowest BCUT2D eigenvalue weighted by atomic mass is 9.98. The average molecular weight is 416 g/mol. The van der Waals surface area contributed by atoms with E-state index in [9.17, 15) is 13.2 Å². The van der Waals surface area contributed by atoms with Crippen LogP contribution in [0.4, 0.5) is 30.6 Å². The third-order valence-corrected chi connectivity index (χ3v) is 4.48. The molecule has 0 radical (unpaired) electrons. The first-order chi connectivity index (χ1) is 14.1. The number of benzene rings is 2. The third-order valence-electron chi connectivity index (χ3n) is 4.48. The van der Waals surface area contributed by atoms with Crippen molar-refractivity contribution in [2.24, 2.45) is 0 Å². The lowest BCUT2D eigenvalue weighted by molar-refractivity contribution is -0.274. The molecule has 3 rings (SSSR count). The van der Waals surface area contributed by atoms with Gasteiger partial charge in [0.05, 0.1) is 5.69 Å². The van der Waals surface area contributed by atoms with Gasteiger partial charge in [0.15, 0.2) is 0 Å². The van der Waals surface area contributed by atoms with Crippen LogP contribution in [0.5, 0.6) is 5.75 Å². The van der Waals surface area contributed by atoms with Crippen molar-refractivity contribution in [2.45, 2.75) is 33.1 Å². The lowest BCUT2D eigenvalue weighted by Gasteiger charge is -2.14. The number of hydrogen-bond acceptors (Lipinski definition) is 5. The normalized spacial score (nSPS) is 11.5. The maximum absolute atomic E-state index is 12.5. The van der Waals surface area contributed by atoms with Crippen LogP contribution in [-0.2, 0) is 0 Å². The van der Waals surface area contributed by atoms with E-state index in [4.69, 9.17) is 0 Å². The molecule has 1 aromatic heterocycles. The zero-order chi connectivity index (χ0) is 21.9. The molecule has 0 unspecified atom stereocenters. The molecule has 0 aliphatic heterocycles. The van der Waals surface area contributed by atoms with Gasteiger partial charge in [-0.3, -0.25) is 0 Å². The van der Waals surface area contributed by atoms with Crippen molar-refractivity contribution in [2.75, 3.05) is 17.7 Å². The van der Waals surface area contributed by atoms with Crippen molar-refractivity contribution in [3.63, 3.8) is 0 Å². The molecule has 0 spiro atoms. The van der Waals surface area contributed by atoms with Crippen LogP contribution in [0, 0.1) is 6.92 Å². The van der Waals surface area contributed by atoms with E-state index in [-0.39, 0.29) is 5.75 Å². The van der Waals surface area contributed by atoms with Gasteiger partial charge in [-0.05, 0) is 48.2 Å². The highest BCUT2D eigenvalue weighted by Gasteiger charge is 2.31. The van der Waals surface area contributed by atoms with Gasteiger partial charge in [0.2, 0.25) is 5.95 Å². The Morgan fingerprint density at radius 1 is 1.00 bits per heavy atom. The fourth-order valence-electron chi connectivity index (χ4n) is 3.17. The lowest BCUT2D eigenvalue weighted by Crippen LogP contribution is -2.17. The van der Waals surface area contributed by atoms with Crippen molar-refractivity contribution < 1.29 is 17.9 Å². The molecule has 3 aromatic rings. The Morgan fingerprint density at radius 3 is 2.40 bits per heavy atom. The molecular formula is C22H23F3N4O. The molecule has 0 saturated carbocycles. The number of aromatic nitrogens is 2. The molecular weight excluding hydrogens is 393 g/mol. The molecule has 0 fully saturated rings. The molecule has 2 aromatic carbocycles. The highest BCUT2D eigenvalue weighted by Crippen LogP contribution is 2.30. The fourth-order valence-corrected chi connectivity index (χ4v) is 3.17. The maximum Gasteiger partial charge on any atom is 0.573 e. The molecule has 0 aliphatic carbocycles. The van der Waals surface area contributed by atoms with Gasteiger partial charge in [-0.25, -0.2) is 4.98 Å². The summed E-state index contributed by atoms with van der Waals surface area (Å²) in [7, 11) is 1.67. The first kappa shape index (κ1) is 21.4. The summed E-state index contributed by atoms with van der Waals surface area (Å²) >= 11 is 0. The minimum atomic E-state index is -4.76. The smallest absolute Gasteiger partial charge is 0.406 e. The second kappa shape index (κ2) is 8.61. The van der Waals surface area contributed by atoms with Gasteiger partial charge in [-0.15, -0.1) is 13.2 Å². The van der Waals surface area contributed by atoms with E-state index in [0.29, 0.717) is 28.9 Å². The van der Waals surface area contributed by atoms with Crippen LogP contribution < -0.4 is 15.4 Å². The Labute approximate surface area is 173 Å². The standard InChI is InChI=1S/C22H23F3N4O/c1-13(2)18-9-8-16(10-14(18)3)27-20-12-19(28-21(26-4)29-20)15-6-5-7-17(11-15)30-22(23,24)25/h5-13H,1-4H3,(H2,26,27,28,29). The number of hydrogen-bond donors (Lipinski definition) is 2. The predicted octanol–water partition coefficient (Wildman–Crippen LogP) is 6.26. The Balaban J connectivity index is 1.93. The summed E-state index contributed by atoms with van der Waals surface area (Å²) in [6.45, 7) is 6.33. The van der Waals surface area contributed by atoms with E-state index in [1.807, 2.05) is 12.1 Å². The number of anilines is 3. The zero-order valence-electron chi connectivity index (χ0n) is 17.1. The first-order valence-corrected chi connectivity index (χ1v) is 9.45. The molecule has 2 N–H and O–H groups in total. The van der Waals surface area contributed by atoms with Crippen molar-refractivity contribution in [1.82, 2.24) is 9.97 Å². The highest BCUT2D eigenvalue weighted by atomic mass is 19.4. The third kappa shape index (κ3) is 5.40. The van der Waals surface area contributed by atoms with Crippen molar-refractivity contribution >= 4 is 17.5 Å². The minimum absolute atomic E-state index is 0.306. The van der Waals surface area contributed by atoms with Gasteiger partial charge in [-0.1, -0.05) is 32.0 Å². The largest absolute Gasteiger partial charge is 0.573 e. The molecule has 0 aliphatic rings. The number of halogens is 3. The molecule has 0 bridgehead atoms.